The summed E-state index contributed by atoms with van der Waals surface area (Å²) < 4.78 is 2.18. The van der Waals surface area contributed by atoms with E-state index in [1.54, 1.807) is 0 Å². The van der Waals surface area contributed by atoms with E-state index in [-0.39, 0.29) is 18.6 Å². The maximum absolute atomic E-state index is 3.74. The van der Waals surface area contributed by atoms with Crippen molar-refractivity contribution >= 4 is 10.9 Å². The van der Waals surface area contributed by atoms with Crippen molar-refractivity contribution in [2.45, 2.75) is 6.54 Å². The first-order valence-electron chi connectivity index (χ1n) is 4.40. The molecule has 1 aromatic carbocycles. The summed E-state index contributed by atoms with van der Waals surface area (Å²) in [6, 6.07) is 12.5. The molecule has 0 bridgehead atoms. The summed E-state index contributed by atoms with van der Waals surface area (Å²) in [6.45, 7) is 4.60. The summed E-state index contributed by atoms with van der Waals surface area (Å²) in [7, 11) is 0. The molecule has 0 radical (unpaired) electrons. The number of hydrogen-bond acceptors (Lipinski definition) is 1. The standard InChI is InChI=1S/C12H12N.ClH.H3N/c1-2-9-13-10-5-7-11-6-3-4-8-12(11)13;;/h2-8,10H,1,9H2;1H;1H3/q+1;;/p-1. The quantitative estimate of drug-likeness (QED) is 0.539. The first-order chi connectivity index (χ1) is 6.42. The molecule has 0 atom stereocenters. The van der Waals surface area contributed by atoms with Crippen LogP contribution in [0.25, 0.3) is 10.9 Å². The van der Waals surface area contributed by atoms with Crippen molar-refractivity contribution in [3.8, 4) is 0 Å². The summed E-state index contributed by atoms with van der Waals surface area (Å²) >= 11 is 0. The largest absolute Gasteiger partial charge is 1.00 e. The lowest BCUT2D eigenvalue weighted by Crippen LogP contribution is -3.00. The summed E-state index contributed by atoms with van der Waals surface area (Å²) in [5.74, 6) is 0. The van der Waals surface area contributed by atoms with Crippen LogP contribution >= 0.6 is 0 Å². The van der Waals surface area contributed by atoms with Gasteiger partial charge in [0.15, 0.2) is 12.7 Å². The molecule has 15 heavy (non-hydrogen) atoms. The molecule has 0 aliphatic rings. The Bertz CT molecular complexity index is 435. The lowest BCUT2D eigenvalue weighted by Gasteiger charge is -1.96. The van der Waals surface area contributed by atoms with Crippen LogP contribution in [0.3, 0.4) is 0 Å². The van der Waals surface area contributed by atoms with Crippen molar-refractivity contribution in [3.63, 3.8) is 0 Å². The van der Waals surface area contributed by atoms with E-state index in [0.29, 0.717) is 0 Å². The monoisotopic (exact) mass is 222 g/mol. The van der Waals surface area contributed by atoms with Gasteiger partial charge in [0.1, 0.15) is 0 Å². The van der Waals surface area contributed by atoms with Gasteiger partial charge in [-0.15, -0.1) is 0 Å². The minimum Gasteiger partial charge on any atom is -1.00 e. The zero-order valence-corrected chi connectivity index (χ0v) is 9.32. The molecule has 0 spiro atoms. The Hall–Kier alpha value is -1.38. The zero-order valence-electron chi connectivity index (χ0n) is 8.57. The minimum absolute atomic E-state index is 0. The highest BCUT2D eigenvalue weighted by Gasteiger charge is 2.03. The molecule has 3 N–H and O–H groups in total. The highest BCUT2D eigenvalue weighted by Crippen LogP contribution is 2.07. The molecular formula is C12H15ClN2. The van der Waals surface area contributed by atoms with Gasteiger partial charge < -0.3 is 18.6 Å². The van der Waals surface area contributed by atoms with E-state index in [1.807, 2.05) is 6.08 Å². The molecule has 1 heterocycles. The molecule has 2 nitrogen and oxygen atoms in total. The second kappa shape index (κ2) is 6.17. The predicted octanol–water partition coefficient (Wildman–Crippen LogP) is -0.521. The molecular weight excluding hydrogens is 208 g/mol. The van der Waals surface area contributed by atoms with Crippen LogP contribution in [0.4, 0.5) is 0 Å². The van der Waals surface area contributed by atoms with Gasteiger partial charge in [-0.05, 0) is 18.2 Å². The van der Waals surface area contributed by atoms with Gasteiger partial charge in [-0.2, -0.15) is 4.57 Å². The van der Waals surface area contributed by atoms with Gasteiger partial charge in [0, 0.05) is 17.5 Å². The van der Waals surface area contributed by atoms with Crippen LogP contribution in [0.2, 0.25) is 0 Å². The Balaban J connectivity index is 0.000000980. The lowest BCUT2D eigenvalue weighted by molar-refractivity contribution is -0.660. The highest BCUT2D eigenvalue weighted by molar-refractivity contribution is 5.74. The average molecular weight is 223 g/mol. The number of benzene rings is 1. The van der Waals surface area contributed by atoms with E-state index in [1.165, 1.54) is 10.9 Å². The van der Waals surface area contributed by atoms with E-state index in [2.05, 4.69) is 53.7 Å². The molecule has 80 valence electrons. The fraction of sp³-hybridized carbons (Fsp3) is 0.0833. The molecule has 0 saturated carbocycles. The number of pyridine rings is 1. The van der Waals surface area contributed by atoms with E-state index < -0.39 is 0 Å². The average Bonchev–Trinajstić information content (AvgIpc) is 2.19. The van der Waals surface area contributed by atoms with Crippen molar-refractivity contribution in [1.82, 2.24) is 6.15 Å². The Labute approximate surface area is 96.2 Å². The minimum atomic E-state index is 0. The summed E-state index contributed by atoms with van der Waals surface area (Å²) in [5, 5.41) is 1.27. The van der Waals surface area contributed by atoms with Crippen molar-refractivity contribution in [1.29, 1.82) is 0 Å². The van der Waals surface area contributed by atoms with Gasteiger partial charge in [-0.3, -0.25) is 0 Å². The van der Waals surface area contributed by atoms with E-state index >= 15 is 0 Å². The van der Waals surface area contributed by atoms with Gasteiger partial charge >= 0.3 is 0 Å². The summed E-state index contributed by atoms with van der Waals surface area (Å²) in [5.41, 5.74) is 1.25. The van der Waals surface area contributed by atoms with Gasteiger partial charge in [0.2, 0.25) is 5.52 Å². The van der Waals surface area contributed by atoms with Crippen LogP contribution < -0.4 is 23.1 Å². The molecule has 2 aromatic rings. The molecule has 0 amide bonds. The van der Waals surface area contributed by atoms with Crippen LogP contribution in [0.1, 0.15) is 0 Å². The van der Waals surface area contributed by atoms with Gasteiger partial charge in [-0.25, -0.2) is 0 Å². The first kappa shape index (κ1) is 13.6. The third-order valence-corrected chi connectivity index (χ3v) is 2.11. The number of fused-ring (bicyclic) bond motifs is 1. The fourth-order valence-electron chi connectivity index (χ4n) is 1.52. The SMILES string of the molecule is C=CC[n+]1cccc2ccccc21.N.[Cl-]. The normalized spacial score (nSPS) is 8.80. The van der Waals surface area contributed by atoms with Crippen molar-refractivity contribution < 1.29 is 17.0 Å². The number of hydrogen-bond donors (Lipinski definition) is 1. The zero-order chi connectivity index (χ0) is 9.10. The van der Waals surface area contributed by atoms with E-state index in [9.17, 15) is 0 Å². The van der Waals surface area contributed by atoms with Gasteiger partial charge in [0.25, 0.3) is 0 Å². The molecule has 2 rings (SSSR count). The molecule has 0 saturated heterocycles. The Morgan fingerprint density at radius 3 is 2.53 bits per heavy atom. The summed E-state index contributed by atoms with van der Waals surface area (Å²) in [4.78, 5) is 0. The molecule has 3 heteroatoms. The molecule has 0 unspecified atom stereocenters. The third kappa shape index (κ3) is 2.78. The molecule has 1 aromatic heterocycles. The Morgan fingerprint density at radius 2 is 1.80 bits per heavy atom. The van der Waals surface area contributed by atoms with Gasteiger partial charge in [-0.1, -0.05) is 18.7 Å². The number of halogens is 1. The first-order valence-corrected chi connectivity index (χ1v) is 4.40. The molecule has 0 fully saturated rings. The van der Waals surface area contributed by atoms with Crippen molar-refractivity contribution in [2.24, 2.45) is 0 Å². The summed E-state index contributed by atoms with van der Waals surface area (Å²) in [6.07, 6.45) is 3.98. The van der Waals surface area contributed by atoms with E-state index in [4.69, 9.17) is 0 Å². The van der Waals surface area contributed by atoms with E-state index in [0.717, 1.165) is 6.54 Å². The maximum Gasteiger partial charge on any atom is 0.212 e. The smallest absolute Gasteiger partial charge is 0.212 e. The number of allylic oxidation sites excluding steroid dienone is 1. The number of aromatic nitrogens is 1. The van der Waals surface area contributed by atoms with Crippen LogP contribution in [0, 0.1) is 0 Å². The Kier molecular flexibility index (Phi) is 5.60. The number of nitrogens with zero attached hydrogens (tertiary/aromatic N) is 1. The molecule has 0 aliphatic heterocycles. The molecule has 0 aliphatic carbocycles. The highest BCUT2D eigenvalue weighted by atomic mass is 35.5. The van der Waals surface area contributed by atoms with Crippen LogP contribution in [0.15, 0.2) is 55.3 Å². The maximum atomic E-state index is 3.74. The van der Waals surface area contributed by atoms with Crippen LogP contribution in [0.5, 0.6) is 0 Å². The lowest BCUT2D eigenvalue weighted by atomic mass is 10.2. The van der Waals surface area contributed by atoms with Gasteiger partial charge in [0.05, 0.1) is 0 Å². The number of para-hydroxylation sites is 1. The van der Waals surface area contributed by atoms with Crippen LogP contribution in [-0.4, -0.2) is 0 Å². The second-order valence-electron chi connectivity index (χ2n) is 3.01. The third-order valence-electron chi connectivity index (χ3n) is 2.11. The van der Waals surface area contributed by atoms with Crippen LogP contribution in [-0.2, 0) is 6.54 Å². The topological polar surface area (TPSA) is 38.9 Å². The second-order valence-corrected chi connectivity index (χ2v) is 3.01. The Morgan fingerprint density at radius 1 is 1.13 bits per heavy atom. The number of rotatable bonds is 2. The van der Waals surface area contributed by atoms with Crippen molar-refractivity contribution in [2.75, 3.05) is 0 Å². The predicted molar refractivity (Wildman–Crippen MR) is 59.4 cm³/mol. The fourth-order valence-corrected chi connectivity index (χ4v) is 1.52. The van der Waals surface area contributed by atoms with Crippen molar-refractivity contribution in [3.05, 3.63) is 55.3 Å².